The lowest BCUT2D eigenvalue weighted by atomic mass is 10.1. The van der Waals surface area contributed by atoms with E-state index < -0.39 is 5.92 Å². The van der Waals surface area contributed by atoms with Gasteiger partial charge in [-0.15, -0.1) is 11.3 Å². The monoisotopic (exact) mass is 237 g/mol. The molecule has 1 heterocycles. The molecule has 4 nitrogen and oxygen atoms in total. The van der Waals surface area contributed by atoms with Crippen LogP contribution in [0.15, 0.2) is 5.38 Å². The summed E-state index contributed by atoms with van der Waals surface area (Å²) in [5.74, 6) is -0.783. The van der Waals surface area contributed by atoms with Crippen LogP contribution in [0.5, 0.6) is 0 Å². The highest BCUT2D eigenvalue weighted by molar-refractivity contribution is 7.09. The Morgan fingerprint density at radius 2 is 2.44 bits per heavy atom. The van der Waals surface area contributed by atoms with Gasteiger partial charge in [-0.1, -0.05) is 6.92 Å². The summed E-state index contributed by atoms with van der Waals surface area (Å²) in [5, 5.41) is 14.4. The maximum Gasteiger partial charge on any atom is 0.237 e. The van der Waals surface area contributed by atoms with E-state index in [1.54, 1.807) is 0 Å². The highest BCUT2D eigenvalue weighted by atomic mass is 32.1. The first-order chi connectivity index (χ1) is 7.58. The van der Waals surface area contributed by atoms with Crippen LogP contribution in [0, 0.1) is 24.2 Å². The quantitative estimate of drug-likeness (QED) is 0.872. The molecule has 2 unspecified atom stereocenters. The van der Waals surface area contributed by atoms with Gasteiger partial charge < -0.3 is 5.32 Å². The number of nitrogens with zero attached hydrogens (tertiary/aromatic N) is 2. The molecule has 2 atom stereocenters. The molecule has 1 aromatic heterocycles. The van der Waals surface area contributed by atoms with Crippen molar-refractivity contribution >= 4 is 17.2 Å². The van der Waals surface area contributed by atoms with Crippen LogP contribution in [0.4, 0.5) is 0 Å². The minimum Gasteiger partial charge on any atom is -0.346 e. The van der Waals surface area contributed by atoms with Gasteiger partial charge in [0, 0.05) is 11.1 Å². The van der Waals surface area contributed by atoms with Gasteiger partial charge >= 0.3 is 0 Å². The number of carbonyl (C=O) groups is 1. The predicted molar refractivity (Wildman–Crippen MR) is 62.8 cm³/mol. The maximum atomic E-state index is 11.6. The van der Waals surface area contributed by atoms with Crippen molar-refractivity contribution in [1.82, 2.24) is 10.3 Å². The molecule has 0 aliphatic rings. The van der Waals surface area contributed by atoms with E-state index in [4.69, 9.17) is 5.26 Å². The second-order valence-electron chi connectivity index (χ2n) is 3.65. The van der Waals surface area contributed by atoms with E-state index in [-0.39, 0.29) is 11.9 Å². The molecule has 86 valence electrons. The number of rotatable bonds is 4. The van der Waals surface area contributed by atoms with E-state index in [0.717, 1.165) is 10.7 Å². The average molecular weight is 237 g/mol. The molecule has 0 spiro atoms. The fourth-order valence-electron chi connectivity index (χ4n) is 1.28. The normalized spacial score (nSPS) is 13.9. The second-order valence-corrected chi connectivity index (χ2v) is 4.54. The number of nitrogens with one attached hydrogen (secondary N) is 1. The van der Waals surface area contributed by atoms with Crippen molar-refractivity contribution in [2.75, 3.05) is 0 Å². The first kappa shape index (κ1) is 12.7. The first-order valence-corrected chi connectivity index (χ1v) is 6.08. The zero-order valence-electron chi connectivity index (χ0n) is 9.65. The summed E-state index contributed by atoms with van der Waals surface area (Å²) in [6, 6.07) is 1.85. The van der Waals surface area contributed by atoms with Crippen LogP contribution >= 0.6 is 11.3 Å². The van der Waals surface area contributed by atoms with Crippen molar-refractivity contribution < 1.29 is 4.79 Å². The Hall–Kier alpha value is -1.41. The summed E-state index contributed by atoms with van der Waals surface area (Å²) >= 11 is 1.52. The molecular formula is C11H15N3OS. The van der Waals surface area contributed by atoms with Crippen LogP contribution in [0.3, 0.4) is 0 Å². The maximum absolute atomic E-state index is 11.6. The van der Waals surface area contributed by atoms with Crippen LogP contribution in [0.2, 0.25) is 0 Å². The van der Waals surface area contributed by atoms with Crippen LogP contribution in [-0.2, 0) is 4.79 Å². The summed E-state index contributed by atoms with van der Waals surface area (Å²) in [6.45, 7) is 5.62. The van der Waals surface area contributed by atoms with Crippen LogP contribution < -0.4 is 5.32 Å². The van der Waals surface area contributed by atoms with Crippen molar-refractivity contribution in [1.29, 1.82) is 5.26 Å². The van der Waals surface area contributed by atoms with Crippen molar-refractivity contribution in [3.05, 3.63) is 16.1 Å². The van der Waals surface area contributed by atoms with Gasteiger partial charge in [-0.05, 0) is 20.3 Å². The van der Waals surface area contributed by atoms with Gasteiger partial charge in [0.25, 0.3) is 0 Å². The molecule has 0 saturated carbocycles. The second kappa shape index (κ2) is 5.61. The average Bonchev–Trinajstić information content (AvgIpc) is 2.66. The van der Waals surface area contributed by atoms with Gasteiger partial charge in [0.05, 0.1) is 12.1 Å². The van der Waals surface area contributed by atoms with Crippen LogP contribution in [-0.4, -0.2) is 10.9 Å². The molecule has 1 amide bonds. The third-order valence-corrected chi connectivity index (χ3v) is 3.39. The molecule has 1 rings (SSSR count). The molecule has 0 radical (unpaired) electrons. The van der Waals surface area contributed by atoms with Crippen molar-refractivity contribution in [3.63, 3.8) is 0 Å². The molecule has 0 saturated heterocycles. The van der Waals surface area contributed by atoms with E-state index in [0.29, 0.717) is 6.42 Å². The lowest BCUT2D eigenvalue weighted by molar-refractivity contribution is -0.124. The van der Waals surface area contributed by atoms with E-state index in [1.807, 2.05) is 32.2 Å². The Morgan fingerprint density at radius 1 is 1.75 bits per heavy atom. The molecule has 1 N–H and O–H groups in total. The van der Waals surface area contributed by atoms with Crippen LogP contribution in [0.1, 0.15) is 37.0 Å². The van der Waals surface area contributed by atoms with Crippen molar-refractivity contribution in [3.8, 4) is 6.07 Å². The van der Waals surface area contributed by atoms with Gasteiger partial charge in [-0.25, -0.2) is 4.98 Å². The lowest BCUT2D eigenvalue weighted by Crippen LogP contribution is -2.31. The molecule has 0 fully saturated rings. The Morgan fingerprint density at radius 3 is 2.88 bits per heavy atom. The Balaban J connectivity index is 2.61. The summed E-state index contributed by atoms with van der Waals surface area (Å²) in [7, 11) is 0. The predicted octanol–water partition coefficient (Wildman–Crippen LogP) is 2.18. The number of hydrogen-bond donors (Lipinski definition) is 1. The van der Waals surface area contributed by atoms with Gasteiger partial charge in [0.1, 0.15) is 10.9 Å². The molecule has 0 bridgehead atoms. The number of aromatic nitrogens is 1. The molecule has 0 aromatic carbocycles. The SMILES string of the molecule is CCC(C#N)C(=O)NC(C)c1nc(C)cs1. The van der Waals surface area contributed by atoms with Crippen LogP contribution in [0.25, 0.3) is 0 Å². The van der Waals surface area contributed by atoms with Crippen molar-refractivity contribution in [2.45, 2.75) is 33.2 Å². The molecule has 0 aliphatic heterocycles. The fourth-order valence-corrected chi connectivity index (χ4v) is 2.09. The first-order valence-electron chi connectivity index (χ1n) is 5.20. The zero-order chi connectivity index (χ0) is 12.1. The number of carbonyl (C=O) groups excluding carboxylic acids is 1. The molecule has 0 aliphatic carbocycles. The number of aryl methyl sites for hydroxylation is 1. The number of nitriles is 1. The molecule has 1 aromatic rings. The smallest absolute Gasteiger partial charge is 0.237 e. The van der Waals surface area contributed by atoms with Gasteiger partial charge in [-0.2, -0.15) is 5.26 Å². The fraction of sp³-hybridized carbons (Fsp3) is 0.545. The Kier molecular flexibility index (Phi) is 4.44. The van der Waals surface area contributed by atoms with Gasteiger partial charge in [0.2, 0.25) is 5.91 Å². The largest absolute Gasteiger partial charge is 0.346 e. The number of hydrogen-bond acceptors (Lipinski definition) is 4. The van der Waals surface area contributed by atoms with E-state index >= 15 is 0 Å². The molecular weight excluding hydrogens is 222 g/mol. The standard InChI is InChI=1S/C11H15N3OS/c1-4-9(5-12)10(15)14-8(3)11-13-7(2)6-16-11/h6,8-9H,4H2,1-3H3,(H,14,15). The highest BCUT2D eigenvalue weighted by Gasteiger charge is 2.19. The van der Waals surface area contributed by atoms with E-state index in [2.05, 4.69) is 10.3 Å². The Bertz CT molecular complexity index is 408. The minimum atomic E-state index is -0.566. The Labute approximate surface area is 99.3 Å². The summed E-state index contributed by atoms with van der Waals surface area (Å²) < 4.78 is 0. The lowest BCUT2D eigenvalue weighted by Gasteiger charge is -2.13. The number of amides is 1. The minimum absolute atomic E-state index is 0.131. The third-order valence-electron chi connectivity index (χ3n) is 2.25. The summed E-state index contributed by atoms with van der Waals surface area (Å²) in [4.78, 5) is 15.9. The summed E-state index contributed by atoms with van der Waals surface area (Å²) in [6.07, 6.45) is 0.534. The topological polar surface area (TPSA) is 65.8 Å². The van der Waals surface area contributed by atoms with E-state index in [9.17, 15) is 4.79 Å². The van der Waals surface area contributed by atoms with Crippen molar-refractivity contribution in [2.24, 2.45) is 5.92 Å². The highest BCUT2D eigenvalue weighted by Crippen LogP contribution is 2.18. The summed E-state index contributed by atoms with van der Waals surface area (Å²) in [5.41, 5.74) is 0.952. The number of thiazole rings is 1. The molecule has 5 heteroatoms. The zero-order valence-corrected chi connectivity index (χ0v) is 10.5. The molecule has 16 heavy (non-hydrogen) atoms. The third kappa shape index (κ3) is 3.04. The van der Waals surface area contributed by atoms with E-state index in [1.165, 1.54) is 11.3 Å². The van der Waals surface area contributed by atoms with Gasteiger partial charge in [0.15, 0.2) is 0 Å². The van der Waals surface area contributed by atoms with Gasteiger partial charge in [-0.3, -0.25) is 4.79 Å².